The maximum absolute atomic E-state index is 12.5. The van der Waals surface area contributed by atoms with E-state index in [2.05, 4.69) is 10.4 Å². The van der Waals surface area contributed by atoms with Gasteiger partial charge in [0.25, 0.3) is 5.91 Å². The summed E-state index contributed by atoms with van der Waals surface area (Å²) in [5, 5.41) is 7.18. The number of nitrogens with zero attached hydrogens (tertiary/aromatic N) is 2. The predicted molar refractivity (Wildman–Crippen MR) is 100 cm³/mol. The molecule has 1 N–H and O–H groups in total. The summed E-state index contributed by atoms with van der Waals surface area (Å²) in [6, 6.07) is 13.2. The van der Waals surface area contributed by atoms with Crippen LogP contribution in [0.25, 0.3) is 0 Å². The van der Waals surface area contributed by atoms with Crippen LogP contribution in [0.15, 0.2) is 54.9 Å². The largest absolute Gasteiger partial charge is 0.497 e. The number of amides is 1. The van der Waals surface area contributed by atoms with Gasteiger partial charge in [-0.15, -0.1) is 0 Å². The normalized spacial score (nSPS) is 10.4. The molecule has 1 heterocycles. The molecule has 0 radical (unpaired) electrons. The van der Waals surface area contributed by atoms with Gasteiger partial charge in [0.1, 0.15) is 11.5 Å². The first-order valence-electron chi connectivity index (χ1n) is 8.21. The van der Waals surface area contributed by atoms with Crippen molar-refractivity contribution in [2.24, 2.45) is 0 Å². The average Bonchev–Trinajstić information content (AvgIpc) is 3.08. The van der Waals surface area contributed by atoms with Gasteiger partial charge in [-0.1, -0.05) is 18.2 Å². The lowest BCUT2D eigenvalue weighted by atomic mass is 10.1. The Morgan fingerprint density at radius 2 is 1.96 bits per heavy atom. The number of aromatic nitrogens is 2. The van der Waals surface area contributed by atoms with E-state index in [1.165, 1.54) is 0 Å². The van der Waals surface area contributed by atoms with Gasteiger partial charge >= 0.3 is 0 Å². The molecule has 2 aromatic carbocycles. The van der Waals surface area contributed by atoms with E-state index >= 15 is 0 Å². The molecular formula is C20H21N3O3. The van der Waals surface area contributed by atoms with Gasteiger partial charge in [0, 0.05) is 17.3 Å². The molecule has 0 aliphatic rings. The molecule has 1 amide bonds. The first kappa shape index (κ1) is 17.5. The highest BCUT2D eigenvalue weighted by Gasteiger charge is 2.13. The molecule has 0 bridgehead atoms. The molecule has 0 unspecified atom stereocenters. The Morgan fingerprint density at radius 3 is 2.73 bits per heavy atom. The standard InChI is InChI=1S/C20H21N3O3/c1-14-18(8-5-9-19(14)26-3)20(24)22-16-11-21-23(13-16)12-15-6-4-7-17(10-15)25-2/h4-11,13H,12H2,1-3H3,(H,22,24). The third kappa shape index (κ3) is 3.85. The topological polar surface area (TPSA) is 65.4 Å². The molecule has 134 valence electrons. The van der Waals surface area contributed by atoms with E-state index < -0.39 is 0 Å². The fourth-order valence-corrected chi connectivity index (χ4v) is 2.75. The lowest BCUT2D eigenvalue weighted by Gasteiger charge is -2.09. The third-order valence-corrected chi connectivity index (χ3v) is 4.12. The van der Waals surface area contributed by atoms with E-state index in [-0.39, 0.29) is 5.91 Å². The van der Waals surface area contributed by atoms with Crippen LogP contribution in [0.1, 0.15) is 21.5 Å². The molecule has 6 nitrogen and oxygen atoms in total. The fraction of sp³-hybridized carbons (Fsp3) is 0.200. The molecule has 3 rings (SSSR count). The Labute approximate surface area is 152 Å². The lowest BCUT2D eigenvalue weighted by Crippen LogP contribution is -2.13. The number of hydrogen-bond acceptors (Lipinski definition) is 4. The van der Waals surface area contributed by atoms with Crippen molar-refractivity contribution in [1.29, 1.82) is 0 Å². The molecule has 1 aromatic heterocycles. The molecule has 0 saturated heterocycles. The number of carbonyl (C=O) groups excluding carboxylic acids is 1. The highest BCUT2D eigenvalue weighted by molar-refractivity contribution is 6.05. The van der Waals surface area contributed by atoms with Crippen molar-refractivity contribution in [3.05, 3.63) is 71.5 Å². The predicted octanol–water partition coefficient (Wildman–Crippen LogP) is 3.51. The van der Waals surface area contributed by atoms with Gasteiger partial charge in [-0.25, -0.2) is 0 Å². The number of benzene rings is 2. The van der Waals surface area contributed by atoms with E-state index in [1.54, 1.807) is 43.4 Å². The monoisotopic (exact) mass is 351 g/mol. The molecule has 26 heavy (non-hydrogen) atoms. The van der Waals surface area contributed by atoms with E-state index in [1.807, 2.05) is 37.3 Å². The van der Waals surface area contributed by atoms with Gasteiger partial charge in [0.05, 0.1) is 32.6 Å². The van der Waals surface area contributed by atoms with Crippen molar-refractivity contribution in [3.8, 4) is 11.5 Å². The number of carbonyl (C=O) groups is 1. The van der Waals surface area contributed by atoms with Crippen LogP contribution in [0.2, 0.25) is 0 Å². The zero-order chi connectivity index (χ0) is 18.5. The third-order valence-electron chi connectivity index (χ3n) is 4.12. The molecule has 0 fully saturated rings. The maximum atomic E-state index is 12.5. The summed E-state index contributed by atoms with van der Waals surface area (Å²) in [7, 11) is 3.23. The van der Waals surface area contributed by atoms with Gasteiger partial charge in [0.2, 0.25) is 0 Å². The van der Waals surface area contributed by atoms with E-state index in [0.717, 1.165) is 16.9 Å². The van der Waals surface area contributed by atoms with Crippen molar-refractivity contribution in [1.82, 2.24) is 9.78 Å². The van der Waals surface area contributed by atoms with Gasteiger partial charge < -0.3 is 14.8 Å². The van der Waals surface area contributed by atoms with E-state index in [4.69, 9.17) is 9.47 Å². The summed E-state index contributed by atoms with van der Waals surface area (Å²) in [6.45, 7) is 2.45. The number of ether oxygens (including phenoxy) is 2. The van der Waals surface area contributed by atoms with Crippen LogP contribution in [0.4, 0.5) is 5.69 Å². The first-order chi connectivity index (χ1) is 12.6. The molecule has 0 atom stereocenters. The fourth-order valence-electron chi connectivity index (χ4n) is 2.75. The number of nitrogens with one attached hydrogen (secondary N) is 1. The second-order valence-corrected chi connectivity index (χ2v) is 5.87. The van der Waals surface area contributed by atoms with Crippen molar-refractivity contribution in [2.45, 2.75) is 13.5 Å². The second-order valence-electron chi connectivity index (χ2n) is 5.87. The number of anilines is 1. The Morgan fingerprint density at radius 1 is 1.15 bits per heavy atom. The summed E-state index contributed by atoms with van der Waals surface area (Å²) >= 11 is 0. The van der Waals surface area contributed by atoms with Gasteiger partial charge in [-0.05, 0) is 36.8 Å². The molecular weight excluding hydrogens is 330 g/mol. The van der Waals surface area contributed by atoms with Gasteiger partial charge in [-0.3, -0.25) is 9.48 Å². The Hall–Kier alpha value is -3.28. The minimum Gasteiger partial charge on any atom is -0.497 e. The number of rotatable bonds is 6. The smallest absolute Gasteiger partial charge is 0.256 e. The van der Waals surface area contributed by atoms with Crippen LogP contribution in [-0.4, -0.2) is 29.9 Å². The molecule has 0 saturated carbocycles. The quantitative estimate of drug-likeness (QED) is 0.738. The molecule has 0 aliphatic heterocycles. The lowest BCUT2D eigenvalue weighted by molar-refractivity contribution is 0.102. The van der Waals surface area contributed by atoms with Crippen LogP contribution in [0.5, 0.6) is 11.5 Å². The second kappa shape index (κ2) is 7.74. The van der Waals surface area contributed by atoms with E-state index in [0.29, 0.717) is 23.5 Å². The first-order valence-corrected chi connectivity index (χ1v) is 8.21. The van der Waals surface area contributed by atoms with Crippen LogP contribution in [-0.2, 0) is 6.54 Å². The summed E-state index contributed by atoms with van der Waals surface area (Å²) in [6.07, 6.45) is 3.43. The molecule has 6 heteroatoms. The number of methoxy groups -OCH3 is 2. The zero-order valence-electron chi connectivity index (χ0n) is 15.0. The Bertz CT molecular complexity index is 918. The van der Waals surface area contributed by atoms with Crippen LogP contribution in [0, 0.1) is 6.92 Å². The van der Waals surface area contributed by atoms with Crippen molar-refractivity contribution < 1.29 is 14.3 Å². The summed E-state index contributed by atoms with van der Waals surface area (Å²) in [4.78, 5) is 12.5. The van der Waals surface area contributed by atoms with Crippen molar-refractivity contribution in [2.75, 3.05) is 19.5 Å². The minimum absolute atomic E-state index is 0.192. The van der Waals surface area contributed by atoms with Crippen LogP contribution in [0.3, 0.4) is 0 Å². The Kier molecular flexibility index (Phi) is 5.22. The summed E-state index contributed by atoms with van der Waals surface area (Å²) in [5.74, 6) is 1.30. The number of hydrogen-bond donors (Lipinski definition) is 1. The molecule has 0 aliphatic carbocycles. The summed E-state index contributed by atoms with van der Waals surface area (Å²) < 4.78 is 12.3. The Balaban J connectivity index is 1.71. The zero-order valence-corrected chi connectivity index (χ0v) is 15.0. The van der Waals surface area contributed by atoms with Crippen LogP contribution < -0.4 is 14.8 Å². The highest BCUT2D eigenvalue weighted by atomic mass is 16.5. The van der Waals surface area contributed by atoms with Crippen molar-refractivity contribution in [3.63, 3.8) is 0 Å². The minimum atomic E-state index is -0.192. The van der Waals surface area contributed by atoms with Gasteiger partial charge in [-0.2, -0.15) is 5.10 Å². The van der Waals surface area contributed by atoms with Crippen LogP contribution >= 0.6 is 0 Å². The molecule has 3 aromatic rings. The van der Waals surface area contributed by atoms with Gasteiger partial charge in [0.15, 0.2) is 0 Å². The maximum Gasteiger partial charge on any atom is 0.256 e. The molecule has 0 spiro atoms. The van der Waals surface area contributed by atoms with Crippen molar-refractivity contribution >= 4 is 11.6 Å². The SMILES string of the molecule is COc1cccc(Cn2cc(NC(=O)c3cccc(OC)c3C)cn2)c1. The summed E-state index contributed by atoms with van der Waals surface area (Å²) in [5.41, 5.74) is 3.08. The van der Waals surface area contributed by atoms with E-state index in [9.17, 15) is 4.79 Å². The average molecular weight is 351 g/mol. The highest BCUT2D eigenvalue weighted by Crippen LogP contribution is 2.22.